The molecule has 2 aromatic heterocycles. The van der Waals surface area contributed by atoms with Gasteiger partial charge < -0.3 is 4.90 Å². The van der Waals surface area contributed by atoms with Crippen LogP contribution >= 0.6 is 39.0 Å². The number of hydrogen-bond acceptors (Lipinski definition) is 6. The molecule has 2 aromatic rings. The van der Waals surface area contributed by atoms with Crippen LogP contribution < -0.4 is 0 Å². The van der Waals surface area contributed by atoms with E-state index in [1.165, 1.54) is 11.8 Å². The highest BCUT2D eigenvalue weighted by molar-refractivity contribution is 9.11. The summed E-state index contributed by atoms with van der Waals surface area (Å²) in [6.45, 7) is 3.31. The number of carbonyl (C=O) groups is 1. The van der Waals surface area contributed by atoms with Gasteiger partial charge in [0, 0.05) is 18.5 Å². The molecule has 0 atom stereocenters. The second-order valence-electron chi connectivity index (χ2n) is 3.99. The van der Waals surface area contributed by atoms with Gasteiger partial charge in [-0.05, 0) is 45.4 Å². The number of thiophene rings is 1. The van der Waals surface area contributed by atoms with E-state index in [-0.39, 0.29) is 5.91 Å². The fourth-order valence-electron chi connectivity index (χ4n) is 1.56. The van der Waals surface area contributed by atoms with Crippen LogP contribution in [0, 0.1) is 0 Å². The molecule has 2 rings (SSSR count). The first kappa shape index (κ1) is 15.5. The van der Waals surface area contributed by atoms with E-state index in [2.05, 4.69) is 31.5 Å². The molecule has 9 heteroatoms. The first-order valence-electron chi connectivity index (χ1n) is 5.97. The molecule has 0 saturated carbocycles. The Morgan fingerprint density at radius 1 is 1.55 bits per heavy atom. The number of aryl methyl sites for hydroxylation is 1. The van der Waals surface area contributed by atoms with Crippen LogP contribution in [0.1, 0.15) is 11.8 Å². The summed E-state index contributed by atoms with van der Waals surface area (Å²) < 4.78 is 2.64. The normalized spacial score (nSPS) is 10.8. The lowest BCUT2D eigenvalue weighted by Gasteiger charge is -2.19. The van der Waals surface area contributed by atoms with Gasteiger partial charge in [-0.2, -0.15) is 0 Å². The maximum atomic E-state index is 12.2. The third kappa shape index (κ3) is 4.03. The minimum atomic E-state index is 0.0880. The SMILES string of the molecule is CCN(Cc1ccc(Br)s1)C(=O)CSc1nnnn1C. The first-order valence-corrected chi connectivity index (χ1v) is 8.56. The Bertz CT molecular complexity index is 585. The number of aromatic nitrogens is 4. The van der Waals surface area contributed by atoms with E-state index in [0.717, 1.165) is 8.66 Å². The zero-order valence-electron chi connectivity index (χ0n) is 11.1. The molecule has 0 aliphatic carbocycles. The monoisotopic (exact) mass is 375 g/mol. The fourth-order valence-corrected chi connectivity index (χ4v) is 3.81. The lowest BCUT2D eigenvalue weighted by molar-refractivity contribution is -0.128. The van der Waals surface area contributed by atoms with Crippen molar-refractivity contribution >= 4 is 44.9 Å². The summed E-state index contributed by atoms with van der Waals surface area (Å²) in [6.07, 6.45) is 0. The van der Waals surface area contributed by atoms with Crippen LogP contribution in [0.25, 0.3) is 0 Å². The van der Waals surface area contributed by atoms with E-state index in [0.29, 0.717) is 24.0 Å². The summed E-state index contributed by atoms with van der Waals surface area (Å²) in [4.78, 5) is 15.2. The van der Waals surface area contributed by atoms with Crippen LogP contribution in [0.3, 0.4) is 0 Å². The Morgan fingerprint density at radius 3 is 2.90 bits per heavy atom. The largest absolute Gasteiger partial charge is 0.337 e. The van der Waals surface area contributed by atoms with Crippen LogP contribution in [-0.4, -0.2) is 43.3 Å². The first-order chi connectivity index (χ1) is 9.60. The molecular weight excluding hydrogens is 362 g/mol. The van der Waals surface area contributed by atoms with Crippen molar-refractivity contribution < 1.29 is 4.79 Å². The predicted molar refractivity (Wildman–Crippen MR) is 82.6 cm³/mol. The van der Waals surface area contributed by atoms with Gasteiger partial charge in [-0.25, -0.2) is 4.68 Å². The summed E-state index contributed by atoms with van der Waals surface area (Å²) >= 11 is 6.43. The zero-order chi connectivity index (χ0) is 14.5. The molecule has 0 N–H and O–H groups in total. The number of halogens is 1. The topological polar surface area (TPSA) is 63.9 Å². The lowest BCUT2D eigenvalue weighted by atomic mass is 10.4. The lowest BCUT2D eigenvalue weighted by Crippen LogP contribution is -2.31. The average Bonchev–Trinajstić information content (AvgIpc) is 3.02. The molecule has 0 radical (unpaired) electrons. The summed E-state index contributed by atoms with van der Waals surface area (Å²) in [6, 6.07) is 4.03. The summed E-state index contributed by atoms with van der Waals surface area (Å²) in [5.74, 6) is 0.430. The molecule has 20 heavy (non-hydrogen) atoms. The maximum absolute atomic E-state index is 12.2. The van der Waals surface area contributed by atoms with Crippen LogP contribution in [-0.2, 0) is 18.4 Å². The van der Waals surface area contributed by atoms with Crippen LogP contribution in [0.15, 0.2) is 21.1 Å². The summed E-state index contributed by atoms with van der Waals surface area (Å²) in [7, 11) is 1.76. The van der Waals surface area contributed by atoms with Gasteiger partial charge in [0.1, 0.15) is 0 Å². The second kappa shape index (κ2) is 7.19. The molecule has 0 aromatic carbocycles. The van der Waals surface area contributed by atoms with Gasteiger partial charge in [-0.3, -0.25) is 4.79 Å². The molecule has 108 valence electrons. The smallest absolute Gasteiger partial charge is 0.233 e. The van der Waals surface area contributed by atoms with Gasteiger partial charge in [-0.15, -0.1) is 16.4 Å². The summed E-state index contributed by atoms with van der Waals surface area (Å²) in [5.41, 5.74) is 0. The van der Waals surface area contributed by atoms with Crippen LogP contribution in [0.5, 0.6) is 0 Å². The molecular formula is C11H14BrN5OS2. The van der Waals surface area contributed by atoms with Crippen molar-refractivity contribution in [2.24, 2.45) is 7.05 Å². The Hall–Kier alpha value is -0.930. The highest BCUT2D eigenvalue weighted by Crippen LogP contribution is 2.23. The van der Waals surface area contributed by atoms with Crippen molar-refractivity contribution in [2.45, 2.75) is 18.6 Å². The third-order valence-corrected chi connectivity index (χ3v) is 5.22. The van der Waals surface area contributed by atoms with Gasteiger partial charge in [0.25, 0.3) is 0 Å². The molecule has 0 unspecified atom stereocenters. The number of tetrazole rings is 1. The average molecular weight is 376 g/mol. The molecule has 0 saturated heterocycles. The Morgan fingerprint density at radius 2 is 2.35 bits per heavy atom. The molecule has 1 amide bonds. The molecule has 0 spiro atoms. The highest BCUT2D eigenvalue weighted by atomic mass is 79.9. The van der Waals surface area contributed by atoms with Crippen molar-refractivity contribution in [3.63, 3.8) is 0 Å². The standard InChI is InChI=1S/C11H14BrN5OS2/c1-3-17(6-8-4-5-9(12)20-8)10(18)7-19-11-13-14-15-16(11)2/h4-5H,3,6-7H2,1-2H3. The predicted octanol–water partition coefficient (Wildman–Crippen LogP) is 2.17. The van der Waals surface area contributed by atoms with Crippen LogP contribution in [0.2, 0.25) is 0 Å². The molecule has 2 heterocycles. The van der Waals surface area contributed by atoms with Crippen LogP contribution in [0.4, 0.5) is 0 Å². The minimum Gasteiger partial charge on any atom is -0.337 e. The highest BCUT2D eigenvalue weighted by Gasteiger charge is 2.15. The molecule has 0 bridgehead atoms. The zero-order valence-corrected chi connectivity index (χ0v) is 14.3. The van der Waals surface area contributed by atoms with E-state index in [1.807, 2.05) is 24.0 Å². The fraction of sp³-hybridized carbons (Fsp3) is 0.455. The van der Waals surface area contributed by atoms with Gasteiger partial charge >= 0.3 is 0 Å². The van der Waals surface area contributed by atoms with E-state index in [1.54, 1.807) is 23.1 Å². The van der Waals surface area contributed by atoms with Gasteiger partial charge in [-0.1, -0.05) is 11.8 Å². The van der Waals surface area contributed by atoms with Crippen molar-refractivity contribution in [3.8, 4) is 0 Å². The third-order valence-electron chi connectivity index (χ3n) is 2.62. The van der Waals surface area contributed by atoms with Crippen molar-refractivity contribution in [1.29, 1.82) is 0 Å². The Labute approximate surface area is 133 Å². The van der Waals surface area contributed by atoms with E-state index in [4.69, 9.17) is 0 Å². The van der Waals surface area contributed by atoms with Gasteiger partial charge in [0.2, 0.25) is 11.1 Å². The quantitative estimate of drug-likeness (QED) is 0.723. The van der Waals surface area contributed by atoms with E-state index >= 15 is 0 Å². The van der Waals surface area contributed by atoms with E-state index in [9.17, 15) is 4.79 Å². The number of rotatable bonds is 6. The number of carbonyl (C=O) groups excluding carboxylic acids is 1. The minimum absolute atomic E-state index is 0.0880. The van der Waals surface area contributed by atoms with Gasteiger partial charge in [0.05, 0.1) is 16.1 Å². The maximum Gasteiger partial charge on any atom is 0.233 e. The molecule has 0 aliphatic heterocycles. The van der Waals surface area contributed by atoms with Gasteiger partial charge in [0.15, 0.2) is 0 Å². The van der Waals surface area contributed by atoms with Crippen molar-refractivity contribution in [2.75, 3.05) is 12.3 Å². The number of hydrogen-bond donors (Lipinski definition) is 0. The Kier molecular flexibility index (Phi) is 5.55. The van der Waals surface area contributed by atoms with Crippen molar-refractivity contribution in [1.82, 2.24) is 25.1 Å². The molecule has 0 fully saturated rings. The summed E-state index contributed by atoms with van der Waals surface area (Å²) in [5, 5.41) is 11.8. The Balaban J connectivity index is 1.90. The number of amides is 1. The number of thioether (sulfide) groups is 1. The molecule has 0 aliphatic rings. The molecule has 6 nitrogen and oxygen atoms in total. The van der Waals surface area contributed by atoms with E-state index < -0.39 is 0 Å². The second-order valence-corrected chi connectivity index (χ2v) is 7.48. The van der Waals surface area contributed by atoms with Crippen molar-refractivity contribution in [3.05, 3.63) is 20.8 Å². The number of nitrogens with zero attached hydrogens (tertiary/aromatic N) is 5.